The third-order valence-corrected chi connectivity index (χ3v) is 5.84. The van der Waals surface area contributed by atoms with Crippen LogP contribution in [0.2, 0.25) is 0 Å². The molecule has 1 aliphatic rings. The summed E-state index contributed by atoms with van der Waals surface area (Å²) < 4.78 is 0. The van der Waals surface area contributed by atoms with Crippen LogP contribution in [0.1, 0.15) is 34.7 Å². The summed E-state index contributed by atoms with van der Waals surface area (Å²) in [5.74, 6) is 0.395. The van der Waals surface area contributed by atoms with Gasteiger partial charge in [-0.3, -0.25) is 0 Å². The number of phenols is 1. The second kappa shape index (κ2) is 5.49. The number of alkyl halides is 1. The first-order valence-electron chi connectivity index (χ1n) is 8.15. The number of aryl methyl sites for hydroxylation is 1. The van der Waals surface area contributed by atoms with Crippen LogP contribution in [0, 0.1) is 6.92 Å². The fourth-order valence-electron chi connectivity index (χ4n) is 4.08. The maximum Gasteiger partial charge on any atom is 0.124 e. The fraction of sp³-hybridized carbons (Fsp3) is 0.182. The summed E-state index contributed by atoms with van der Waals surface area (Å²) in [4.78, 5) is 0. The molecule has 4 rings (SSSR count). The summed E-state index contributed by atoms with van der Waals surface area (Å²) in [5, 5.41) is 11.6. The molecular formula is C22H19BrO. The van der Waals surface area contributed by atoms with Crippen molar-refractivity contribution in [1.82, 2.24) is 0 Å². The SMILES string of the molecule is Cc1cc(CBr)c(O)c(C2(C)c3ccccc3-c3ccccc32)c1. The summed E-state index contributed by atoms with van der Waals surface area (Å²) in [7, 11) is 0. The summed E-state index contributed by atoms with van der Waals surface area (Å²) in [6, 6.07) is 21.2. The highest BCUT2D eigenvalue weighted by Gasteiger charge is 2.42. The molecule has 3 aromatic rings. The highest BCUT2D eigenvalue weighted by Crippen LogP contribution is 2.54. The van der Waals surface area contributed by atoms with E-state index in [0.717, 1.165) is 11.1 Å². The largest absolute Gasteiger partial charge is 0.507 e. The zero-order valence-corrected chi connectivity index (χ0v) is 15.4. The average molecular weight is 379 g/mol. The van der Waals surface area contributed by atoms with Gasteiger partial charge in [-0.05, 0) is 36.1 Å². The minimum absolute atomic E-state index is 0.347. The number of fused-ring (bicyclic) bond motifs is 3. The smallest absolute Gasteiger partial charge is 0.124 e. The molecule has 0 saturated heterocycles. The molecule has 3 aromatic carbocycles. The van der Waals surface area contributed by atoms with Crippen molar-refractivity contribution in [1.29, 1.82) is 0 Å². The molecule has 2 heteroatoms. The Morgan fingerprint density at radius 1 is 0.875 bits per heavy atom. The van der Waals surface area contributed by atoms with Crippen LogP contribution in [0.15, 0.2) is 60.7 Å². The first-order valence-corrected chi connectivity index (χ1v) is 9.28. The molecule has 24 heavy (non-hydrogen) atoms. The molecule has 0 bridgehead atoms. The minimum Gasteiger partial charge on any atom is -0.507 e. The molecule has 0 fully saturated rings. The van der Waals surface area contributed by atoms with E-state index in [2.05, 4.69) is 84.4 Å². The van der Waals surface area contributed by atoms with Crippen LogP contribution < -0.4 is 0 Å². The molecule has 0 unspecified atom stereocenters. The maximum atomic E-state index is 11.0. The van der Waals surface area contributed by atoms with E-state index in [9.17, 15) is 5.11 Å². The van der Waals surface area contributed by atoms with E-state index in [4.69, 9.17) is 0 Å². The van der Waals surface area contributed by atoms with E-state index < -0.39 is 0 Å². The quantitative estimate of drug-likeness (QED) is 0.547. The molecule has 0 spiro atoms. The van der Waals surface area contributed by atoms with Crippen molar-refractivity contribution in [2.75, 3.05) is 0 Å². The topological polar surface area (TPSA) is 20.2 Å². The molecule has 0 amide bonds. The Morgan fingerprint density at radius 2 is 1.42 bits per heavy atom. The van der Waals surface area contributed by atoms with E-state index in [-0.39, 0.29) is 5.41 Å². The van der Waals surface area contributed by atoms with E-state index in [1.807, 2.05) is 6.07 Å². The van der Waals surface area contributed by atoms with Gasteiger partial charge in [0, 0.05) is 21.9 Å². The molecule has 0 atom stereocenters. The van der Waals surface area contributed by atoms with Crippen LogP contribution >= 0.6 is 15.9 Å². The predicted molar refractivity (Wildman–Crippen MR) is 103 cm³/mol. The number of aromatic hydroxyl groups is 1. The van der Waals surface area contributed by atoms with Gasteiger partial charge in [0.1, 0.15) is 5.75 Å². The average Bonchev–Trinajstić information content (AvgIpc) is 2.87. The van der Waals surface area contributed by atoms with E-state index in [0.29, 0.717) is 11.1 Å². The number of hydrogen-bond acceptors (Lipinski definition) is 1. The maximum absolute atomic E-state index is 11.0. The Kier molecular flexibility index (Phi) is 3.54. The number of phenolic OH excluding ortho intramolecular Hbond substituents is 1. The molecule has 0 aliphatic heterocycles. The number of halogens is 1. The Morgan fingerprint density at radius 3 is 1.96 bits per heavy atom. The molecule has 0 saturated carbocycles. The van der Waals surface area contributed by atoms with Crippen molar-refractivity contribution < 1.29 is 5.11 Å². The first-order chi connectivity index (χ1) is 11.6. The number of benzene rings is 3. The molecular weight excluding hydrogens is 360 g/mol. The van der Waals surface area contributed by atoms with Crippen molar-refractivity contribution >= 4 is 15.9 Å². The minimum atomic E-state index is -0.347. The van der Waals surface area contributed by atoms with Crippen LogP contribution in [0.4, 0.5) is 0 Å². The van der Waals surface area contributed by atoms with Gasteiger partial charge in [0.25, 0.3) is 0 Å². The van der Waals surface area contributed by atoms with Crippen molar-refractivity contribution in [3.63, 3.8) is 0 Å². The Hall–Kier alpha value is -2.06. The Bertz CT molecular complexity index is 897. The molecule has 0 heterocycles. The van der Waals surface area contributed by atoms with Crippen LogP contribution in [-0.4, -0.2) is 5.11 Å². The van der Waals surface area contributed by atoms with Crippen LogP contribution in [0.5, 0.6) is 5.75 Å². The lowest BCUT2D eigenvalue weighted by Gasteiger charge is -2.30. The van der Waals surface area contributed by atoms with Gasteiger partial charge in [-0.25, -0.2) is 0 Å². The summed E-state index contributed by atoms with van der Waals surface area (Å²) in [6.45, 7) is 4.31. The highest BCUT2D eigenvalue weighted by molar-refractivity contribution is 9.08. The third kappa shape index (κ3) is 1.99. The molecule has 0 radical (unpaired) electrons. The molecule has 1 aliphatic carbocycles. The normalized spacial score (nSPS) is 14.3. The van der Waals surface area contributed by atoms with Crippen molar-refractivity contribution in [3.8, 4) is 16.9 Å². The zero-order chi connectivity index (χ0) is 16.9. The van der Waals surface area contributed by atoms with Gasteiger partial charge in [0.05, 0.1) is 0 Å². The molecule has 120 valence electrons. The number of rotatable bonds is 2. The lowest BCUT2D eigenvalue weighted by atomic mass is 9.73. The molecule has 1 nitrogen and oxygen atoms in total. The Labute approximate surface area is 151 Å². The highest BCUT2D eigenvalue weighted by atomic mass is 79.9. The summed E-state index contributed by atoms with van der Waals surface area (Å²) in [5.41, 5.74) is 7.78. The van der Waals surface area contributed by atoms with Gasteiger partial charge in [0.15, 0.2) is 0 Å². The summed E-state index contributed by atoms with van der Waals surface area (Å²) >= 11 is 3.51. The second-order valence-electron chi connectivity index (χ2n) is 6.67. The van der Waals surface area contributed by atoms with Gasteiger partial charge in [-0.1, -0.05) is 82.2 Å². The standard InChI is InChI=1S/C22H19BrO/c1-14-11-15(13-23)21(24)20(12-14)22(2)18-9-5-3-7-16(18)17-8-4-6-10-19(17)22/h3-12,24H,13H2,1-2H3. The fourth-order valence-corrected chi connectivity index (χ4v) is 4.51. The van der Waals surface area contributed by atoms with Gasteiger partial charge in [-0.2, -0.15) is 0 Å². The summed E-state index contributed by atoms with van der Waals surface area (Å²) in [6.07, 6.45) is 0. The zero-order valence-electron chi connectivity index (χ0n) is 13.8. The lowest BCUT2D eigenvalue weighted by molar-refractivity contribution is 0.454. The Balaban J connectivity index is 2.10. The van der Waals surface area contributed by atoms with E-state index in [1.165, 1.54) is 27.8 Å². The third-order valence-electron chi connectivity index (χ3n) is 5.24. The van der Waals surface area contributed by atoms with Crippen LogP contribution in [0.3, 0.4) is 0 Å². The van der Waals surface area contributed by atoms with Gasteiger partial charge < -0.3 is 5.11 Å². The first kappa shape index (κ1) is 15.5. The monoisotopic (exact) mass is 378 g/mol. The van der Waals surface area contributed by atoms with Crippen LogP contribution in [-0.2, 0) is 10.7 Å². The molecule has 1 N–H and O–H groups in total. The van der Waals surface area contributed by atoms with E-state index in [1.54, 1.807) is 0 Å². The van der Waals surface area contributed by atoms with Crippen molar-refractivity contribution in [2.24, 2.45) is 0 Å². The van der Waals surface area contributed by atoms with E-state index >= 15 is 0 Å². The van der Waals surface area contributed by atoms with Crippen molar-refractivity contribution in [2.45, 2.75) is 24.6 Å². The lowest BCUT2D eigenvalue weighted by Crippen LogP contribution is -2.23. The van der Waals surface area contributed by atoms with Gasteiger partial charge >= 0.3 is 0 Å². The molecule has 0 aromatic heterocycles. The van der Waals surface area contributed by atoms with Crippen molar-refractivity contribution in [3.05, 3.63) is 88.5 Å². The van der Waals surface area contributed by atoms with Crippen LogP contribution in [0.25, 0.3) is 11.1 Å². The number of hydrogen-bond donors (Lipinski definition) is 1. The predicted octanol–water partition coefficient (Wildman–Crippen LogP) is 5.93. The van der Waals surface area contributed by atoms with Gasteiger partial charge in [0.2, 0.25) is 0 Å². The second-order valence-corrected chi connectivity index (χ2v) is 7.23. The van der Waals surface area contributed by atoms with Gasteiger partial charge in [-0.15, -0.1) is 0 Å².